The standard InChI is InChI=1S/C12H13NO2/c14-11-9-4-1-2-5-10(9)15-12(8-13-11)6-3-7-12/h1-2,4-5H,3,6-8H2,(H,13,14). The maximum absolute atomic E-state index is 11.7. The zero-order valence-corrected chi connectivity index (χ0v) is 8.45. The average molecular weight is 203 g/mol. The zero-order valence-electron chi connectivity index (χ0n) is 8.45. The Kier molecular flexibility index (Phi) is 1.75. The van der Waals surface area contributed by atoms with Crippen LogP contribution >= 0.6 is 0 Å². The van der Waals surface area contributed by atoms with Gasteiger partial charge < -0.3 is 10.1 Å². The summed E-state index contributed by atoms with van der Waals surface area (Å²) in [6.07, 6.45) is 3.28. The molecule has 3 heteroatoms. The summed E-state index contributed by atoms with van der Waals surface area (Å²) >= 11 is 0. The van der Waals surface area contributed by atoms with E-state index in [1.54, 1.807) is 0 Å². The maximum Gasteiger partial charge on any atom is 0.255 e. The molecule has 0 unspecified atom stereocenters. The van der Waals surface area contributed by atoms with E-state index in [0.717, 1.165) is 18.6 Å². The topological polar surface area (TPSA) is 38.3 Å². The van der Waals surface area contributed by atoms with Crippen LogP contribution in [0.2, 0.25) is 0 Å². The molecule has 1 aliphatic carbocycles. The Morgan fingerprint density at radius 3 is 2.80 bits per heavy atom. The molecule has 1 N–H and O–H groups in total. The highest BCUT2D eigenvalue weighted by atomic mass is 16.5. The quantitative estimate of drug-likeness (QED) is 0.697. The third kappa shape index (κ3) is 1.30. The largest absolute Gasteiger partial charge is 0.485 e. The first-order chi connectivity index (χ1) is 7.29. The van der Waals surface area contributed by atoms with Crippen LogP contribution in [0, 0.1) is 0 Å². The molecule has 15 heavy (non-hydrogen) atoms. The van der Waals surface area contributed by atoms with E-state index in [9.17, 15) is 4.79 Å². The van der Waals surface area contributed by atoms with E-state index >= 15 is 0 Å². The molecule has 0 radical (unpaired) electrons. The monoisotopic (exact) mass is 203 g/mol. The van der Waals surface area contributed by atoms with Gasteiger partial charge in [0.25, 0.3) is 5.91 Å². The van der Waals surface area contributed by atoms with Gasteiger partial charge in [0.15, 0.2) is 0 Å². The minimum absolute atomic E-state index is 0.0191. The van der Waals surface area contributed by atoms with Gasteiger partial charge in [-0.25, -0.2) is 0 Å². The maximum atomic E-state index is 11.7. The van der Waals surface area contributed by atoms with Crippen molar-refractivity contribution in [2.45, 2.75) is 24.9 Å². The lowest BCUT2D eigenvalue weighted by molar-refractivity contribution is -0.00120. The fraction of sp³-hybridized carbons (Fsp3) is 0.417. The number of hydrogen-bond acceptors (Lipinski definition) is 2. The minimum Gasteiger partial charge on any atom is -0.485 e. The van der Waals surface area contributed by atoms with E-state index in [-0.39, 0.29) is 11.5 Å². The fourth-order valence-corrected chi connectivity index (χ4v) is 2.20. The molecule has 3 nitrogen and oxygen atoms in total. The smallest absolute Gasteiger partial charge is 0.255 e. The van der Waals surface area contributed by atoms with Crippen LogP contribution in [-0.4, -0.2) is 18.1 Å². The first-order valence-electron chi connectivity index (χ1n) is 5.35. The Morgan fingerprint density at radius 1 is 1.27 bits per heavy atom. The number of amides is 1. The normalized spacial score (nSPS) is 22.0. The van der Waals surface area contributed by atoms with Gasteiger partial charge in [0.05, 0.1) is 12.1 Å². The molecule has 3 rings (SSSR count). The van der Waals surface area contributed by atoms with Crippen LogP contribution in [0.4, 0.5) is 0 Å². The van der Waals surface area contributed by atoms with Crippen molar-refractivity contribution >= 4 is 5.91 Å². The van der Waals surface area contributed by atoms with Crippen LogP contribution in [0.5, 0.6) is 5.75 Å². The van der Waals surface area contributed by atoms with Crippen molar-refractivity contribution in [1.82, 2.24) is 5.32 Å². The molecule has 1 aromatic carbocycles. The summed E-state index contributed by atoms with van der Waals surface area (Å²) in [4.78, 5) is 11.7. The average Bonchev–Trinajstić information content (AvgIpc) is 2.36. The lowest BCUT2D eigenvalue weighted by atomic mass is 9.80. The molecule has 0 atom stereocenters. The Bertz CT molecular complexity index is 410. The van der Waals surface area contributed by atoms with Crippen molar-refractivity contribution in [3.8, 4) is 5.75 Å². The summed E-state index contributed by atoms with van der Waals surface area (Å²) in [5.41, 5.74) is 0.531. The highest BCUT2D eigenvalue weighted by Crippen LogP contribution is 2.38. The first-order valence-corrected chi connectivity index (χ1v) is 5.35. The molecule has 1 saturated carbocycles. The molecule has 1 amide bonds. The number of carbonyl (C=O) groups excluding carboxylic acids is 1. The summed E-state index contributed by atoms with van der Waals surface area (Å²) in [5.74, 6) is 0.710. The van der Waals surface area contributed by atoms with Gasteiger partial charge >= 0.3 is 0 Å². The van der Waals surface area contributed by atoms with E-state index in [2.05, 4.69) is 5.32 Å². The van der Waals surface area contributed by atoms with Crippen molar-refractivity contribution in [3.63, 3.8) is 0 Å². The van der Waals surface area contributed by atoms with Crippen molar-refractivity contribution < 1.29 is 9.53 Å². The molecule has 1 fully saturated rings. The number of para-hydroxylation sites is 1. The lowest BCUT2D eigenvalue weighted by Crippen LogP contribution is -2.50. The van der Waals surface area contributed by atoms with Crippen LogP contribution in [0.15, 0.2) is 24.3 Å². The molecular weight excluding hydrogens is 190 g/mol. The molecule has 78 valence electrons. The Balaban J connectivity index is 2.02. The molecule has 0 saturated heterocycles. The van der Waals surface area contributed by atoms with Gasteiger partial charge in [-0.1, -0.05) is 12.1 Å². The SMILES string of the molecule is O=C1NCC2(CCC2)Oc2ccccc21. The summed E-state index contributed by atoms with van der Waals surface area (Å²) in [5, 5.41) is 2.93. The third-order valence-corrected chi connectivity index (χ3v) is 3.29. The highest BCUT2D eigenvalue weighted by Gasteiger charge is 2.42. The first kappa shape index (κ1) is 8.77. The summed E-state index contributed by atoms with van der Waals surface area (Å²) < 4.78 is 5.97. The second-order valence-electron chi connectivity index (χ2n) is 4.32. The van der Waals surface area contributed by atoms with E-state index in [0.29, 0.717) is 12.1 Å². The predicted molar refractivity (Wildman–Crippen MR) is 56.0 cm³/mol. The molecule has 1 aliphatic heterocycles. The van der Waals surface area contributed by atoms with Gasteiger partial charge in [-0.05, 0) is 31.4 Å². The zero-order chi connectivity index (χ0) is 10.3. The van der Waals surface area contributed by atoms with Crippen LogP contribution in [0.3, 0.4) is 0 Å². The third-order valence-electron chi connectivity index (χ3n) is 3.29. The Labute approximate surface area is 88.4 Å². The van der Waals surface area contributed by atoms with Gasteiger partial charge in [0.1, 0.15) is 11.4 Å². The molecule has 2 aliphatic rings. The minimum atomic E-state index is -0.123. The van der Waals surface area contributed by atoms with Crippen molar-refractivity contribution in [3.05, 3.63) is 29.8 Å². The molecule has 0 bridgehead atoms. The van der Waals surface area contributed by atoms with Gasteiger partial charge in [-0.2, -0.15) is 0 Å². The summed E-state index contributed by atoms with van der Waals surface area (Å²) in [7, 11) is 0. The molecule has 1 heterocycles. The molecule has 1 spiro atoms. The fourth-order valence-electron chi connectivity index (χ4n) is 2.20. The molecule has 0 aromatic heterocycles. The number of nitrogens with one attached hydrogen (secondary N) is 1. The van der Waals surface area contributed by atoms with Crippen LogP contribution < -0.4 is 10.1 Å². The van der Waals surface area contributed by atoms with E-state index in [1.165, 1.54) is 6.42 Å². The van der Waals surface area contributed by atoms with E-state index in [1.807, 2.05) is 24.3 Å². The van der Waals surface area contributed by atoms with Crippen molar-refractivity contribution in [2.75, 3.05) is 6.54 Å². The van der Waals surface area contributed by atoms with Gasteiger partial charge in [0.2, 0.25) is 0 Å². The van der Waals surface area contributed by atoms with Crippen LogP contribution in [-0.2, 0) is 0 Å². The highest BCUT2D eigenvalue weighted by molar-refractivity contribution is 5.97. The van der Waals surface area contributed by atoms with Crippen LogP contribution in [0.25, 0.3) is 0 Å². The number of carbonyl (C=O) groups is 1. The second-order valence-corrected chi connectivity index (χ2v) is 4.32. The predicted octanol–water partition coefficient (Wildman–Crippen LogP) is 1.73. The Morgan fingerprint density at radius 2 is 2.07 bits per heavy atom. The summed E-state index contributed by atoms with van der Waals surface area (Å²) in [6.45, 7) is 0.639. The number of hydrogen-bond donors (Lipinski definition) is 1. The molecule has 1 aromatic rings. The number of rotatable bonds is 0. The number of benzene rings is 1. The van der Waals surface area contributed by atoms with Crippen molar-refractivity contribution in [1.29, 1.82) is 0 Å². The molecular formula is C12H13NO2. The lowest BCUT2D eigenvalue weighted by Gasteiger charge is -2.40. The van der Waals surface area contributed by atoms with Gasteiger partial charge in [-0.3, -0.25) is 4.79 Å². The van der Waals surface area contributed by atoms with Gasteiger partial charge in [-0.15, -0.1) is 0 Å². The van der Waals surface area contributed by atoms with E-state index in [4.69, 9.17) is 4.74 Å². The number of fused-ring (bicyclic) bond motifs is 1. The van der Waals surface area contributed by atoms with E-state index < -0.39 is 0 Å². The summed E-state index contributed by atoms with van der Waals surface area (Å²) in [6, 6.07) is 7.45. The van der Waals surface area contributed by atoms with Crippen LogP contribution in [0.1, 0.15) is 29.6 Å². The van der Waals surface area contributed by atoms with Gasteiger partial charge in [0, 0.05) is 0 Å². The number of ether oxygens (including phenoxy) is 1. The Hall–Kier alpha value is -1.51. The van der Waals surface area contributed by atoms with Crippen molar-refractivity contribution in [2.24, 2.45) is 0 Å². The second kappa shape index (κ2) is 2.99.